The molecule has 0 unspecified atom stereocenters. The highest BCUT2D eigenvalue weighted by atomic mass is 19.1. The second kappa shape index (κ2) is 7.78. The molecule has 3 aromatic carbocycles. The van der Waals surface area contributed by atoms with E-state index < -0.39 is 23.4 Å². The summed E-state index contributed by atoms with van der Waals surface area (Å²) in [6.07, 6.45) is 0. The highest BCUT2D eigenvalue weighted by Gasteiger charge is 2.14. The Hall–Kier alpha value is -3.54. The Morgan fingerprint density at radius 2 is 1.37 bits per heavy atom. The summed E-state index contributed by atoms with van der Waals surface area (Å²) in [7, 11) is 0. The van der Waals surface area contributed by atoms with E-state index in [1.807, 2.05) is 0 Å². The van der Waals surface area contributed by atoms with Crippen molar-refractivity contribution in [1.82, 2.24) is 10.9 Å². The summed E-state index contributed by atoms with van der Waals surface area (Å²) >= 11 is 0. The van der Waals surface area contributed by atoms with Crippen molar-refractivity contribution in [1.29, 1.82) is 0 Å². The van der Waals surface area contributed by atoms with Crippen LogP contribution in [-0.2, 0) is 0 Å². The van der Waals surface area contributed by atoms with Crippen LogP contribution in [0.5, 0.6) is 0 Å². The van der Waals surface area contributed by atoms with Crippen molar-refractivity contribution >= 4 is 11.8 Å². The molecular formula is C21H16F2N2O2. The van der Waals surface area contributed by atoms with Gasteiger partial charge in [0.15, 0.2) is 0 Å². The van der Waals surface area contributed by atoms with Crippen LogP contribution in [0.3, 0.4) is 0 Å². The summed E-state index contributed by atoms with van der Waals surface area (Å²) in [5.41, 5.74) is 6.34. The van der Waals surface area contributed by atoms with Gasteiger partial charge in [0, 0.05) is 16.7 Å². The van der Waals surface area contributed by atoms with Crippen LogP contribution in [0.15, 0.2) is 66.7 Å². The van der Waals surface area contributed by atoms with Gasteiger partial charge in [-0.15, -0.1) is 0 Å². The molecule has 3 aromatic rings. The first-order chi connectivity index (χ1) is 13.0. The van der Waals surface area contributed by atoms with Crippen LogP contribution in [0.2, 0.25) is 0 Å². The smallest absolute Gasteiger partial charge is 0.267 e. The van der Waals surface area contributed by atoms with Gasteiger partial charge in [0.2, 0.25) is 0 Å². The Balaban J connectivity index is 1.73. The lowest BCUT2D eigenvalue weighted by Gasteiger charge is -2.10. The monoisotopic (exact) mass is 366 g/mol. The third-order valence-electron chi connectivity index (χ3n) is 4.04. The molecule has 0 aromatic heterocycles. The molecule has 0 fully saturated rings. The topological polar surface area (TPSA) is 58.2 Å². The van der Waals surface area contributed by atoms with E-state index in [4.69, 9.17) is 0 Å². The van der Waals surface area contributed by atoms with Gasteiger partial charge >= 0.3 is 0 Å². The maximum Gasteiger partial charge on any atom is 0.269 e. The Kier molecular flexibility index (Phi) is 5.26. The van der Waals surface area contributed by atoms with Gasteiger partial charge < -0.3 is 0 Å². The lowest BCUT2D eigenvalue weighted by molar-refractivity contribution is 0.0846. The van der Waals surface area contributed by atoms with Crippen molar-refractivity contribution in [3.8, 4) is 11.1 Å². The standard InChI is InChI=1S/C21H16F2N2O2/c1-13-11-16(22)8-10-17(13)18-9-7-15(12-19(18)23)21(27)25-24-20(26)14-5-3-2-4-6-14/h2-12H,1H3,(H,24,26)(H,25,27). The lowest BCUT2D eigenvalue weighted by Crippen LogP contribution is -2.41. The predicted octanol–water partition coefficient (Wildman–Crippen LogP) is 4.02. The average molecular weight is 366 g/mol. The summed E-state index contributed by atoms with van der Waals surface area (Å²) < 4.78 is 27.7. The molecule has 0 aliphatic rings. The third kappa shape index (κ3) is 4.17. The minimum absolute atomic E-state index is 0.0457. The van der Waals surface area contributed by atoms with Crippen molar-refractivity contribution in [3.63, 3.8) is 0 Å². The minimum atomic E-state index is -0.652. The van der Waals surface area contributed by atoms with Crippen molar-refractivity contribution < 1.29 is 18.4 Å². The van der Waals surface area contributed by atoms with E-state index in [9.17, 15) is 18.4 Å². The summed E-state index contributed by atoms with van der Waals surface area (Å²) in [6.45, 7) is 1.68. The van der Waals surface area contributed by atoms with Crippen molar-refractivity contribution in [3.05, 3.63) is 95.1 Å². The molecule has 0 aliphatic carbocycles. The van der Waals surface area contributed by atoms with Gasteiger partial charge in [-0.1, -0.05) is 30.3 Å². The van der Waals surface area contributed by atoms with Gasteiger partial charge in [-0.3, -0.25) is 20.4 Å². The first-order valence-corrected chi connectivity index (χ1v) is 8.17. The number of carbonyl (C=O) groups excluding carboxylic acids is 2. The molecule has 0 spiro atoms. The number of amides is 2. The van der Waals surface area contributed by atoms with Crippen LogP contribution in [0.1, 0.15) is 26.3 Å². The highest BCUT2D eigenvalue weighted by molar-refractivity contribution is 5.99. The van der Waals surface area contributed by atoms with Crippen LogP contribution >= 0.6 is 0 Å². The Labute approximate surface area is 154 Å². The fourth-order valence-corrected chi connectivity index (χ4v) is 2.65. The van der Waals surface area contributed by atoms with E-state index in [-0.39, 0.29) is 11.1 Å². The van der Waals surface area contributed by atoms with Crippen LogP contribution in [0.25, 0.3) is 11.1 Å². The second-order valence-electron chi connectivity index (χ2n) is 5.93. The van der Waals surface area contributed by atoms with Crippen molar-refractivity contribution in [2.24, 2.45) is 0 Å². The minimum Gasteiger partial charge on any atom is -0.267 e. The lowest BCUT2D eigenvalue weighted by atomic mass is 9.98. The summed E-state index contributed by atoms with van der Waals surface area (Å²) in [6, 6.07) is 16.4. The van der Waals surface area contributed by atoms with Gasteiger partial charge in [-0.2, -0.15) is 0 Å². The molecular weight excluding hydrogens is 350 g/mol. The molecule has 0 heterocycles. The van der Waals surface area contributed by atoms with Crippen LogP contribution in [-0.4, -0.2) is 11.8 Å². The first-order valence-electron chi connectivity index (χ1n) is 8.17. The zero-order valence-corrected chi connectivity index (χ0v) is 14.4. The number of nitrogens with one attached hydrogen (secondary N) is 2. The fourth-order valence-electron chi connectivity index (χ4n) is 2.65. The molecule has 136 valence electrons. The number of hydrogen-bond acceptors (Lipinski definition) is 2. The number of hydrazine groups is 1. The Bertz CT molecular complexity index is 1000. The van der Waals surface area contributed by atoms with Crippen LogP contribution < -0.4 is 10.9 Å². The molecule has 27 heavy (non-hydrogen) atoms. The molecule has 3 rings (SSSR count). The summed E-state index contributed by atoms with van der Waals surface area (Å²) in [4.78, 5) is 24.1. The predicted molar refractivity (Wildman–Crippen MR) is 97.9 cm³/mol. The third-order valence-corrected chi connectivity index (χ3v) is 4.04. The second-order valence-corrected chi connectivity index (χ2v) is 5.93. The zero-order valence-electron chi connectivity index (χ0n) is 14.4. The average Bonchev–Trinajstić information content (AvgIpc) is 2.67. The molecule has 0 saturated carbocycles. The SMILES string of the molecule is Cc1cc(F)ccc1-c1ccc(C(=O)NNC(=O)c2ccccc2)cc1F. The molecule has 2 amide bonds. The molecule has 0 aliphatic heterocycles. The first kappa shape index (κ1) is 18.3. The number of hydrogen-bond donors (Lipinski definition) is 2. The molecule has 0 radical (unpaired) electrons. The van der Waals surface area contributed by atoms with E-state index in [1.54, 1.807) is 37.3 Å². The van der Waals surface area contributed by atoms with Crippen molar-refractivity contribution in [2.75, 3.05) is 0 Å². The van der Waals surface area contributed by atoms with Gasteiger partial charge in [0.25, 0.3) is 11.8 Å². The molecule has 0 atom stereocenters. The number of benzene rings is 3. The highest BCUT2D eigenvalue weighted by Crippen LogP contribution is 2.27. The largest absolute Gasteiger partial charge is 0.269 e. The number of halogens is 2. The molecule has 0 bridgehead atoms. The number of aryl methyl sites for hydroxylation is 1. The quantitative estimate of drug-likeness (QED) is 0.688. The van der Waals surface area contributed by atoms with Gasteiger partial charge in [-0.25, -0.2) is 8.78 Å². The van der Waals surface area contributed by atoms with E-state index >= 15 is 0 Å². The number of rotatable bonds is 3. The van der Waals surface area contributed by atoms with E-state index in [0.717, 1.165) is 6.07 Å². The molecule has 6 heteroatoms. The molecule has 0 saturated heterocycles. The van der Waals surface area contributed by atoms with Crippen molar-refractivity contribution in [2.45, 2.75) is 6.92 Å². The summed E-state index contributed by atoms with van der Waals surface area (Å²) in [5, 5.41) is 0. The Morgan fingerprint density at radius 1 is 0.741 bits per heavy atom. The zero-order chi connectivity index (χ0) is 19.4. The molecule has 4 nitrogen and oxygen atoms in total. The van der Waals surface area contributed by atoms with Gasteiger partial charge in [0.1, 0.15) is 11.6 Å². The van der Waals surface area contributed by atoms with E-state index in [0.29, 0.717) is 16.7 Å². The van der Waals surface area contributed by atoms with Gasteiger partial charge in [0.05, 0.1) is 0 Å². The maximum absolute atomic E-state index is 14.5. The van der Waals surface area contributed by atoms with E-state index in [2.05, 4.69) is 10.9 Å². The fraction of sp³-hybridized carbons (Fsp3) is 0.0476. The van der Waals surface area contributed by atoms with E-state index in [1.165, 1.54) is 30.3 Å². The normalized spacial score (nSPS) is 10.3. The summed E-state index contributed by atoms with van der Waals surface area (Å²) in [5.74, 6) is -2.16. The van der Waals surface area contributed by atoms with Crippen LogP contribution in [0, 0.1) is 18.6 Å². The molecule has 2 N–H and O–H groups in total. The Morgan fingerprint density at radius 3 is 2.00 bits per heavy atom. The van der Waals surface area contributed by atoms with Gasteiger partial charge in [-0.05, 0) is 54.4 Å². The van der Waals surface area contributed by atoms with Crippen LogP contribution in [0.4, 0.5) is 8.78 Å². The number of carbonyl (C=O) groups is 2. The maximum atomic E-state index is 14.5.